The van der Waals surface area contributed by atoms with E-state index in [1.165, 1.54) is 25.7 Å². The van der Waals surface area contributed by atoms with Gasteiger partial charge < -0.3 is 10.6 Å². The van der Waals surface area contributed by atoms with Crippen molar-refractivity contribution < 1.29 is 4.79 Å². The van der Waals surface area contributed by atoms with Crippen LogP contribution in [-0.2, 0) is 4.79 Å². The standard InChI is InChI=1S/C13H22N2OS2/c1-2-15(13(17)18-6-5-12(14)16)11-8-9-3-4-10(11)7-9/h9-11H,2-8H2,1H3,(H2,14,16). The SMILES string of the molecule is CCN(C(=S)SCCC(N)=O)C1CC2CCC1C2. The molecule has 0 aromatic carbocycles. The Hall–Kier alpha value is -0.290. The topological polar surface area (TPSA) is 46.3 Å². The third-order valence-corrected chi connectivity index (χ3v) is 5.73. The minimum atomic E-state index is -0.242. The number of hydrogen-bond donors (Lipinski definition) is 1. The van der Waals surface area contributed by atoms with Crippen LogP contribution in [0, 0.1) is 11.8 Å². The van der Waals surface area contributed by atoms with Gasteiger partial charge in [0.15, 0.2) is 0 Å². The highest BCUT2D eigenvalue weighted by Gasteiger charge is 2.42. The summed E-state index contributed by atoms with van der Waals surface area (Å²) >= 11 is 7.12. The number of hydrogen-bond acceptors (Lipinski definition) is 3. The van der Waals surface area contributed by atoms with Crippen molar-refractivity contribution in [2.45, 2.75) is 45.1 Å². The van der Waals surface area contributed by atoms with Gasteiger partial charge in [0, 0.05) is 24.8 Å². The van der Waals surface area contributed by atoms with E-state index < -0.39 is 0 Å². The first-order chi connectivity index (χ1) is 8.61. The molecule has 102 valence electrons. The minimum absolute atomic E-state index is 0.242. The van der Waals surface area contributed by atoms with Crippen LogP contribution in [0.25, 0.3) is 0 Å². The van der Waals surface area contributed by atoms with Gasteiger partial charge in [0.25, 0.3) is 0 Å². The van der Waals surface area contributed by atoms with Gasteiger partial charge in [-0.1, -0.05) is 30.4 Å². The van der Waals surface area contributed by atoms with E-state index in [0.29, 0.717) is 18.2 Å². The molecule has 0 saturated heterocycles. The molecule has 0 aromatic heterocycles. The highest BCUT2D eigenvalue weighted by Crippen LogP contribution is 2.47. The Labute approximate surface area is 119 Å². The second-order valence-electron chi connectivity index (χ2n) is 5.36. The van der Waals surface area contributed by atoms with Crippen molar-refractivity contribution in [3.05, 3.63) is 0 Å². The summed E-state index contributed by atoms with van der Waals surface area (Å²) in [5.74, 6) is 2.26. The average Bonchev–Trinajstić information content (AvgIpc) is 2.91. The number of primary amides is 1. The van der Waals surface area contributed by atoms with Crippen molar-refractivity contribution >= 4 is 34.2 Å². The van der Waals surface area contributed by atoms with Gasteiger partial charge in [-0.15, -0.1) is 0 Å². The number of thioether (sulfide) groups is 1. The Morgan fingerprint density at radius 3 is 2.72 bits per heavy atom. The molecule has 2 bridgehead atoms. The lowest BCUT2D eigenvalue weighted by Gasteiger charge is -2.35. The van der Waals surface area contributed by atoms with E-state index in [-0.39, 0.29) is 5.91 Å². The predicted molar refractivity (Wildman–Crippen MR) is 80.5 cm³/mol. The Morgan fingerprint density at radius 1 is 1.44 bits per heavy atom. The van der Waals surface area contributed by atoms with Gasteiger partial charge in [-0.2, -0.15) is 0 Å². The number of nitrogens with two attached hydrogens (primary N) is 1. The van der Waals surface area contributed by atoms with Crippen LogP contribution in [0.4, 0.5) is 0 Å². The van der Waals surface area contributed by atoms with Crippen LogP contribution >= 0.6 is 24.0 Å². The lowest BCUT2D eigenvalue weighted by Crippen LogP contribution is -2.41. The summed E-state index contributed by atoms with van der Waals surface area (Å²) in [6.45, 7) is 3.16. The molecule has 3 nitrogen and oxygen atoms in total. The number of thiocarbonyl (C=S) groups is 1. The lowest BCUT2D eigenvalue weighted by atomic mass is 9.94. The van der Waals surface area contributed by atoms with Crippen LogP contribution < -0.4 is 5.73 Å². The third-order valence-electron chi connectivity index (χ3n) is 4.25. The average molecular weight is 286 g/mol. The fourth-order valence-electron chi connectivity index (χ4n) is 3.41. The van der Waals surface area contributed by atoms with E-state index in [2.05, 4.69) is 11.8 Å². The molecular formula is C13H22N2OS2. The molecule has 3 atom stereocenters. The van der Waals surface area contributed by atoms with Crippen molar-refractivity contribution in [2.24, 2.45) is 17.6 Å². The van der Waals surface area contributed by atoms with E-state index in [1.54, 1.807) is 11.8 Å². The zero-order chi connectivity index (χ0) is 13.1. The fourth-order valence-corrected chi connectivity index (χ4v) is 4.84. The highest BCUT2D eigenvalue weighted by molar-refractivity contribution is 8.22. The molecule has 2 aliphatic carbocycles. The van der Waals surface area contributed by atoms with Gasteiger partial charge in [0.1, 0.15) is 4.32 Å². The molecule has 2 fully saturated rings. The number of amides is 1. The number of carbonyl (C=O) groups excluding carboxylic acids is 1. The summed E-state index contributed by atoms with van der Waals surface area (Å²) < 4.78 is 0.955. The molecule has 0 heterocycles. The molecule has 2 rings (SSSR count). The van der Waals surface area contributed by atoms with Crippen molar-refractivity contribution in [1.29, 1.82) is 0 Å². The van der Waals surface area contributed by atoms with Crippen LogP contribution in [0.1, 0.15) is 39.0 Å². The molecule has 0 spiro atoms. The smallest absolute Gasteiger partial charge is 0.218 e. The van der Waals surface area contributed by atoms with Crippen LogP contribution in [0.5, 0.6) is 0 Å². The monoisotopic (exact) mass is 286 g/mol. The van der Waals surface area contributed by atoms with Crippen LogP contribution in [0.2, 0.25) is 0 Å². The third kappa shape index (κ3) is 3.18. The zero-order valence-electron chi connectivity index (χ0n) is 10.9. The van der Waals surface area contributed by atoms with E-state index in [1.807, 2.05) is 0 Å². The minimum Gasteiger partial charge on any atom is -0.370 e. The molecule has 0 aromatic rings. The fraction of sp³-hybridized carbons (Fsp3) is 0.846. The summed E-state index contributed by atoms with van der Waals surface area (Å²) in [4.78, 5) is 13.1. The molecule has 2 aliphatic rings. The molecule has 0 radical (unpaired) electrons. The summed E-state index contributed by atoms with van der Waals surface area (Å²) in [6.07, 6.45) is 5.92. The van der Waals surface area contributed by atoms with Gasteiger partial charge in [0.2, 0.25) is 5.91 Å². The largest absolute Gasteiger partial charge is 0.370 e. The van der Waals surface area contributed by atoms with Crippen LogP contribution in [0.15, 0.2) is 0 Å². The molecule has 2 saturated carbocycles. The summed E-state index contributed by atoms with van der Waals surface area (Å²) in [6, 6.07) is 0.655. The van der Waals surface area contributed by atoms with Gasteiger partial charge in [-0.25, -0.2) is 0 Å². The second-order valence-corrected chi connectivity index (χ2v) is 7.09. The van der Waals surface area contributed by atoms with E-state index >= 15 is 0 Å². The summed E-state index contributed by atoms with van der Waals surface area (Å²) in [5.41, 5.74) is 5.15. The van der Waals surface area contributed by atoms with Crippen molar-refractivity contribution in [2.75, 3.05) is 12.3 Å². The molecule has 0 aliphatic heterocycles. The molecule has 3 unspecified atom stereocenters. The van der Waals surface area contributed by atoms with Gasteiger partial charge in [-0.3, -0.25) is 4.79 Å². The maximum Gasteiger partial charge on any atom is 0.218 e. The van der Waals surface area contributed by atoms with Gasteiger partial charge >= 0.3 is 0 Å². The Morgan fingerprint density at radius 2 is 2.22 bits per heavy atom. The first-order valence-electron chi connectivity index (χ1n) is 6.83. The quantitative estimate of drug-likeness (QED) is 0.788. The van der Waals surface area contributed by atoms with Crippen molar-refractivity contribution in [1.82, 2.24) is 4.90 Å². The maximum absolute atomic E-state index is 10.7. The Bertz CT molecular complexity index is 335. The predicted octanol–water partition coefficient (Wildman–Crippen LogP) is 2.39. The Balaban J connectivity index is 1.84. The number of rotatable bonds is 5. The number of carbonyl (C=O) groups is 1. The van der Waals surface area contributed by atoms with Gasteiger partial charge in [0.05, 0.1) is 0 Å². The van der Waals surface area contributed by atoms with E-state index in [9.17, 15) is 4.79 Å². The summed E-state index contributed by atoms with van der Waals surface area (Å²) in [5, 5.41) is 0. The second kappa shape index (κ2) is 6.24. The first kappa shape index (κ1) is 14.1. The zero-order valence-corrected chi connectivity index (χ0v) is 12.6. The number of nitrogens with zero attached hydrogens (tertiary/aromatic N) is 1. The molecule has 1 amide bonds. The first-order valence-corrected chi connectivity index (χ1v) is 8.23. The van der Waals surface area contributed by atoms with Crippen molar-refractivity contribution in [3.63, 3.8) is 0 Å². The van der Waals surface area contributed by atoms with Crippen LogP contribution in [-0.4, -0.2) is 33.5 Å². The van der Waals surface area contributed by atoms with E-state index in [4.69, 9.17) is 18.0 Å². The van der Waals surface area contributed by atoms with Crippen molar-refractivity contribution in [3.8, 4) is 0 Å². The molecule has 18 heavy (non-hydrogen) atoms. The lowest BCUT2D eigenvalue weighted by molar-refractivity contribution is -0.117. The molecule has 5 heteroatoms. The molecule has 2 N–H and O–H groups in total. The van der Waals surface area contributed by atoms with E-state index in [0.717, 1.165) is 22.7 Å². The van der Waals surface area contributed by atoms with Gasteiger partial charge in [-0.05, 0) is 38.0 Å². The highest BCUT2D eigenvalue weighted by atomic mass is 32.2. The molecular weight excluding hydrogens is 264 g/mol. The maximum atomic E-state index is 10.7. The van der Waals surface area contributed by atoms with Crippen LogP contribution in [0.3, 0.4) is 0 Å². The summed E-state index contributed by atoms with van der Waals surface area (Å²) in [7, 11) is 0. The number of fused-ring (bicyclic) bond motifs is 2. The Kier molecular flexibility index (Phi) is 4.90. The normalized spacial score (nSPS) is 29.5.